The Labute approximate surface area is 73.5 Å². The molecule has 1 heterocycles. The molecule has 0 bridgehead atoms. The molecule has 12 heavy (non-hydrogen) atoms. The Kier molecular flexibility index (Phi) is 5.90. The molecule has 1 aliphatic rings. The van der Waals surface area contributed by atoms with Gasteiger partial charge in [-0.3, -0.25) is 4.79 Å². The second-order valence-corrected chi connectivity index (χ2v) is 3.11. The molecule has 0 saturated carbocycles. The SMILES string of the molecule is C[SiH2]O.O=C(O)C1CCCN1O. The lowest BCUT2D eigenvalue weighted by Crippen LogP contribution is -2.32. The molecule has 6 heteroatoms. The number of carboxylic acid groups (broad SMARTS) is 1. The first-order valence-corrected chi connectivity index (χ1v) is 5.97. The van der Waals surface area contributed by atoms with E-state index >= 15 is 0 Å². The van der Waals surface area contributed by atoms with Crippen molar-refractivity contribution >= 4 is 15.7 Å². The first kappa shape index (κ1) is 11.6. The second kappa shape index (κ2) is 6.12. The highest BCUT2D eigenvalue weighted by atomic mass is 28.2. The largest absolute Gasteiger partial charge is 0.480 e. The van der Waals surface area contributed by atoms with E-state index in [1.54, 1.807) is 0 Å². The number of rotatable bonds is 1. The van der Waals surface area contributed by atoms with Crippen LogP contribution in [0.5, 0.6) is 0 Å². The van der Waals surface area contributed by atoms with Crippen molar-refractivity contribution in [3.63, 3.8) is 0 Å². The van der Waals surface area contributed by atoms with E-state index in [0.29, 0.717) is 13.0 Å². The first-order chi connectivity index (χ1) is 5.63. The van der Waals surface area contributed by atoms with Gasteiger partial charge in [0, 0.05) is 6.54 Å². The highest BCUT2D eigenvalue weighted by Gasteiger charge is 2.28. The molecule has 0 aromatic carbocycles. The minimum absolute atomic E-state index is 0.483. The average molecular weight is 193 g/mol. The van der Waals surface area contributed by atoms with Crippen LogP contribution >= 0.6 is 0 Å². The summed E-state index contributed by atoms with van der Waals surface area (Å²) in [7, 11) is -0.583. The molecule has 1 unspecified atom stereocenters. The average Bonchev–Trinajstić information content (AvgIpc) is 2.36. The predicted octanol–water partition coefficient (Wildman–Crippen LogP) is -0.965. The van der Waals surface area contributed by atoms with Gasteiger partial charge in [-0.15, -0.1) is 0 Å². The van der Waals surface area contributed by atoms with Crippen molar-refractivity contribution < 1.29 is 19.9 Å². The molecule has 1 fully saturated rings. The van der Waals surface area contributed by atoms with Crippen LogP contribution in [-0.4, -0.2) is 48.5 Å². The third-order valence-corrected chi connectivity index (χ3v) is 1.51. The summed E-state index contributed by atoms with van der Waals surface area (Å²) in [6, 6.07) is -0.662. The van der Waals surface area contributed by atoms with Crippen molar-refractivity contribution in [1.82, 2.24) is 5.06 Å². The van der Waals surface area contributed by atoms with E-state index in [-0.39, 0.29) is 0 Å². The molecule has 0 radical (unpaired) electrons. The van der Waals surface area contributed by atoms with Gasteiger partial charge < -0.3 is 15.1 Å². The Morgan fingerprint density at radius 1 is 1.67 bits per heavy atom. The lowest BCUT2D eigenvalue weighted by atomic mass is 10.2. The van der Waals surface area contributed by atoms with Crippen LogP contribution < -0.4 is 0 Å². The van der Waals surface area contributed by atoms with Crippen molar-refractivity contribution in [2.45, 2.75) is 25.4 Å². The second-order valence-electron chi connectivity index (χ2n) is 2.48. The van der Waals surface area contributed by atoms with Gasteiger partial charge >= 0.3 is 5.97 Å². The van der Waals surface area contributed by atoms with E-state index in [1.807, 2.05) is 6.55 Å². The minimum Gasteiger partial charge on any atom is -0.480 e. The molecule has 1 saturated heterocycles. The summed E-state index contributed by atoms with van der Waals surface area (Å²) in [6.45, 7) is 2.30. The predicted molar refractivity (Wildman–Crippen MR) is 45.8 cm³/mol. The normalized spacial score (nSPS) is 24.1. The van der Waals surface area contributed by atoms with Crippen LogP contribution in [0.3, 0.4) is 0 Å². The lowest BCUT2D eigenvalue weighted by Gasteiger charge is -2.11. The Morgan fingerprint density at radius 3 is 2.33 bits per heavy atom. The molecule has 0 aromatic heterocycles. The van der Waals surface area contributed by atoms with E-state index < -0.39 is 21.8 Å². The third-order valence-electron chi connectivity index (χ3n) is 1.51. The van der Waals surface area contributed by atoms with Gasteiger partial charge in [-0.05, 0) is 12.8 Å². The van der Waals surface area contributed by atoms with Crippen LogP contribution in [0, 0.1) is 0 Å². The number of hydrogen-bond donors (Lipinski definition) is 3. The Balaban J connectivity index is 0.000000354. The van der Waals surface area contributed by atoms with Crippen LogP contribution in [0.25, 0.3) is 0 Å². The van der Waals surface area contributed by atoms with Gasteiger partial charge in [0.1, 0.15) is 6.04 Å². The van der Waals surface area contributed by atoms with Gasteiger partial charge in [-0.2, -0.15) is 5.06 Å². The number of nitrogens with zero attached hydrogens (tertiary/aromatic N) is 1. The van der Waals surface area contributed by atoms with Crippen LogP contribution in [0.4, 0.5) is 0 Å². The van der Waals surface area contributed by atoms with Crippen molar-refractivity contribution in [1.29, 1.82) is 0 Å². The number of carboxylic acids is 1. The van der Waals surface area contributed by atoms with Gasteiger partial charge in [0.15, 0.2) is 9.76 Å². The zero-order valence-corrected chi connectivity index (χ0v) is 8.52. The lowest BCUT2D eigenvalue weighted by molar-refractivity contribution is -0.160. The summed E-state index contributed by atoms with van der Waals surface area (Å²) >= 11 is 0. The first-order valence-electron chi connectivity index (χ1n) is 3.92. The van der Waals surface area contributed by atoms with Gasteiger partial charge in [-0.25, -0.2) is 0 Å². The summed E-state index contributed by atoms with van der Waals surface area (Å²) in [5.41, 5.74) is 0. The fourth-order valence-corrected chi connectivity index (χ4v) is 1.00. The standard InChI is InChI=1S/C5H9NO3.CH6OSi/c7-5(8)4-2-1-3-6(4)9;1-3-2/h4,9H,1-3H2,(H,7,8);2H,3H2,1H3. The third kappa shape index (κ3) is 3.81. The van der Waals surface area contributed by atoms with E-state index in [9.17, 15) is 4.79 Å². The highest BCUT2D eigenvalue weighted by Crippen LogP contribution is 2.13. The maximum Gasteiger partial charge on any atom is 0.323 e. The quantitative estimate of drug-likeness (QED) is 0.467. The molecular formula is C6H15NO4Si. The summed E-state index contributed by atoms with van der Waals surface area (Å²) in [6.07, 6.45) is 1.33. The number of aliphatic carboxylic acids is 1. The van der Waals surface area contributed by atoms with Crippen molar-refractivity contribution in [3.05, 3.63) is 0 Å². The monoisotopic (exact) mass is 193 g/mol. The fraction of sp³-hybridized carbons (Fsp3) is 0.833. The summed E-state index contributed by atoms with van der Waals surface area (Å²) < 4.78 is 0. The Morgan fingerprint density at radius 2 is 2.17 bits per heavy atom. The molecule has 5 nitrogen and oxygen atoms in total. The van der Waals surface area contributed by atoms with Crippen molar-refractivity contribution in [2.24, 2.45) is 0 Å². The molecule has 1 atom stereocenters. The van der Waals surface area contributed by atoms with E-state index in [1.165, 1.54) is 0 Å². The van der Waals surface area contributed by atoms with Crippen LogP contribution in [0.1, 0.15) is 12.8 Å². The Bertz CT molecular complexity index is 144. The van der Waals surface area contributed by atoms with Gasteiger partial charge in [-0.1, -0.05) is 6.55 Å². The molecule has 0 amide bonds. The number of carbonyl (C=O) groups is 1. The zero-order chi connectivity index (χ0) is 9.56. The van der Waals surface area contributed by atoms with Gasteiger partial charge in [0.05, 0.1) is 0 Å². The van der Waals surface area contributed by atoms with Crippen LogP contribution in [0.15, 0.2) is 0 Å². The molecule has 0 aliphatic carbocycles. The van der Waals surface area contributed by atoms with E-state index in [4.69, 9.17) is 15.1 Å². The topological polar surface area (TPSA) is 81.0 Å². The maximum atomic E-state index is 10.2. The molecular weight excluding hydrogens is 178 g/mol. The Hall–Kier alpha value is -0.433. The summed E-state index contributed by atoms with van der Waals surface area (Å²) in [5, 5.41) is 18.1. The maximum absolute atomic E-state index is 10.2. The highest BCUT2D eigenvalue weighted by molar-refractivity contribution is 6.22. The van der Waals surface area contributed by atoms with Gasteiger partial charge in [0.2, 0.25) is 0 Å². The number of hydroxylamine groups is 2. The molecule has 72 valence electrons. The molecule has 0 spiro atoms. The minimum atomic E-state index is -0.935. The smallest absolute Gasteiger partial charge is 0.323 e. The van der Waals surface area contributed by atoms with Gasteiger partial charge in [0.25, 0.3) is 0 Å². The molecule has 1 aliphatic heterocycles. The summed E-state index contributed by atoms with van der Waals surface area (Å²) in [4.78, 5) is 17.9. The van der Waals surface area contributed by atoms with Crippen LogP contribution in [0.2, 0.25) is 6.55 Å². The van der Waals surface area contributed by atoms with Crippen LogP contribution in [-0.2, 0) is 4.79 Å². The summed E-state index contributed by atoms with van der Waals surface area (Å²) in [5.74, 6) is -0.935. The zero-order valence-electron chi connectivity index (χ0n) is 7.10. The molecule has 3 N–H and O–H groups in total. The van der Waals surface area contributed by atoms with Crippen molar-refractivity contribution in [2.75, 3.05) is 6.54 Å². The number of hydrogen-bond acceptors (Lipinski definition) is 4. The van der Waals surface area contributed by atoms with E-state index in [0.717, 1.165) is 11.5 Å². The fourth-order valence-electron chi connectivity index (χ4n) is 1.00. The van der Waals surface area contributed by atoms with Crippen molar-refractivity contribution in [3.8, 4) is 0 Å². The van der Waals surface area contributed by atoms with E-state index in [2.05, 4.69) is 0 Å². The molecule has 1 rings (SSSR count). The molecule has 0 aromatic rings.